The fraction of sp³-hybridized carbons (Fsp3) is 0.0417. The molecule has 138 valence electrons. The minimum absolute atomic E-state index is 0.214. The molecule has 0 aromatic heterocycles. The zero-order valence-electron chi connectivity index (χ0n) is 15.3. The molecular formula is C24H20N2O2. The molecule has 4 nitrogen and oxygen atoms in total. The van der Waals surface area contributed by atoms with Crippen LogP contribution in [0.25, 0.3) is 21.9 Å². The summed E-state index contributed by atoms with van der Waals surface area (Å²) in [5, 5.41) is 4.98. The number of hydrogen-bond donors (Lipinski definition) is 2. The number of nitrogens with two attached hydrogens (primary N) is 1. The highest BCUT2D eigenvalue weighted by Gasteiger charge is 2.14. The molecule has 0 aliphatic carbocycles. The molecule has 4 rings (SSSR count). The van der Waals surface area contributed by atoms with Crippen molar-refractivity contribution >= 4 is 28.2 Å². The van der Waals surface area contributed by atoms with Gasteiger partial charge in [-0.25, -0.2) is 4.79 Å². The summed E-state index contributed by atoms with van der Waals surface area (Å²) < 4.78 is 5.36. The number of hydrogen-bond acceptors (Lipinski definition) is 3. The Morgan fingerprint density at radius 3 is 2.39 bits per heavy atom. The third-order valence-electron chi connectivity index (χ3n) is 4.61. The maximum Gasteiger partial charge on any atom is 0.411 e. The van der Waals surface area contributed by atoms with Crippen LogP contribution in [0.15, 0.2) is 91.0 Å². The molecule has 4 aromatic carbocycles. The van der Waals surface area contributed by atoms with Crippen molar-refractivity contribution in [1.82, 2.24) is 0 Å². The van der Waals surface area contributed by atoms with Crippen molar-refractivity contribution in [2.45, 2.75) is 6.61 Å². The molecule has 3 N–H and O–H groups in total. The van der Waals surface area contributed by atoms with Gasteiger partial charge in [0, 0.05) is 16.8 Å². The molecule has 0 aliphatic heterocycles. The molecule has 0 radical (unpaired) electrons. The first kappa shape index (κ1) is 17.6. The number of fused-ring (bicyclic) bond motifs is 1. The Hall–Kier alpha value is -3.79. The van der Waals surface area contributed by atoms with Crippen LogP contribution < -0.4 is 11.1 Å². The van der Waals surface area contributed by atoms with Crippen LogP contribution in [-0.2, 0) is 11.3 Å². The molecule has 4 heteroatoms. The van der Waals surface area contributed by atoms with Gasteiger partial charge in [0.25, 0.3) is 0 Å². The van der Waals surface area contributed by atoms with Crippen molar-refractivity contribution in [2.24, 2.45) is 0 Å². The van der Waals surface area contributed by atoms with E-state index in [4.69, 9.17) is 10.5 Å². The van der Waals surface area contributed by atoms with Crippen LogP contribution in [0.2, 0.25) is 0 Å². The van der Waals surface area contributed by atoms with E-state index in [1.807, 2.05) is 91.0 Å². The van der Waals surface area contributed by atoms with Crippen LogP contribution >= 0.6 is 0 Å². The van der Waals surface area contributed by atoms with E-state index in [-0.39, 0.29) is 6.61 Å². The number of benzene rings is 4. The standard InChI is InChI=1S/C24H20N2O2/c25-21-15-14-18-10-4-5-11-19(18)23(21)20-12-6-7-13-22(20)26-24(27)28-16-17-8-2-1-3-9-17/h1-15H,16,25H2,(H,26,27). The molecule has 0 bridgehead atoms. The summed E-state index contributed by atoms with van der Waals surface area (Å²) in [5.41, 5.74) is 10.3. The van der Waals surface area contributed by atoms with E-state index in [2.05, 4.69) is 5.32 Å². The predicted molar refractivity (Wildman–Crippen MR) is 114 cm³/mol. The molecule has 0 heterocycles. The number of para-hydroxylation sites is 1. The van der Waals surface area contributed by atoms with Gasteiger partial charge in [-0.05, 0) is 28.5 Å². The minimum Gasteiger partial charge on any atom is -0.444 e. The lowest BCUT2D eigenvalue weighted by molar-refractivity contribution is 0.155. The van der Waals surface area contributed by atoms with Gasteiger partial charge in [0.1, 0.15) is 6.61 Å². The molecule has 28 heavy (non-hydrogen) atoms. The second-order valence-corrected chi connectivity index (χ2v) is 6.48. The highest BCUT2D eigenvalue weighted by atomic mass is 16.5. The summed E-state index contributed by atoms with van der Waals surface area (Å²) >= 11 is 0. The maximum absolute atomic E-state index is 12.4. The molecule has 4 aromatic rings. The van der Waals surface area contributed by atoms with Crippen molar-refractivity contribution in [2.75, 3.05) is 11.1 Å². The normalized spacial score (nSPS) is 10.6. The van der Waals surface area contributed by atoms with Crippen LogP contribution in [0, 0.1) is 0 Å². The number of carbonyl (C=O) groups excluding carboxylic acids is 1. The van der Waals surface area contributed by atoms with Gasteiger partial charge in [-0.15, -0.1) is 0 Å². The average Bonchev–Trinajstić information content (AvgIpc) is 2.74. The lowest BCUT2D eigenvalue weighted by atomic mass is 9.95. The summed E-state index contributed by atoms with van der Waals surface area (Å²) in [5.74, 6) is 0. The number of carbonyl (C=O) groups is 1. The van der Waals surface area contributed by atoms with Crippen molar-refractivity contribution < 1.29 is 9.53 Å². The quantitative estimate of drug-likeness (QED) is 0.445. The fourth-order valence-corrected chi connectivity index (χ4v) is 3.27. The number of nitrogens with one attached hydrogen (secondary N) is 1. The third kappa shape index (κ3) is 3.67. The van der Waals surface area contributed by atoms with E-state index < -0.39 is 6.09 Å². The first-order chi connectivity index (χ1) is 13.7. The zero-order chi connectivity index (χ0) is 19.3. The summed E-state index contributed by atoms with van der Waals surface area (Å²) in [7, 11) is 0. The topological polar surface area (TPSA) is 64.3 Å². The molecule has 0 unspecified atom stereocenters. The highest BCUT2D eigenvalue weighted by molar-refractivity contribution is 6.06. The smallest absolute Gasteiger partial charge is 0.411 e. The lowest BCUT2D eigenvalue weighted by Gasteiger charge is -2.15. The number of anilines is 2. The van der Waals surface area contributed by atoms with Crippen molar-refractivity contribution in [3.63, 3.8) is 0 Å². The lowest BCUT2D eigenvalue weighted by Crippen LogP contribution is -2.14. The SMILES string of the molecule is Nc1ccc2ccccc2c1-c1ccccc1NC(=O)OCc1ccccc1. The van der Waals surface area contributed by atoms with Gasteiger partial charge in [-0.3, -0.25) is 5.32 Å². The van der Waals surface area contributed by atoms with E-state index in [0.29, 0.717) is 11.4 Å². The third-order valence-corrected chi connectivity index (χ3v) is 4.61. The van der Waals surface area contributed by atoms with Gasteiger partial charge in [0.15, 0.2) is 0 Å². The second kappa shape index (κ2) is 7.84. The van der Waals surface area contributed by atoms with Crippen LogP contribution in [0.3, 0.4) is 0 Å². The zero-order valence-corrected chi connectivity index (χ0v) is 15.3. The molecular weight excluding hydrogens is 348 g/mol. The summed E-state index contributed by atoms with van der Waals surface area (Å²) in [6, 6.07) is 29.1. The average molecular weight is 368 g/mol. The minimum atomic E-state index is -0.505. The number of ether oxygens (including phenoxy) is 1. The largest absolute Gasteiger partial charge is 0.444 e. The number of amides is 1. The van der Waals surface area contributed by atoms with E-state index in [0.717, 1.165) is 27.5 Å². The van der Waals surface area contributed by atoms with Crippen LogP contribution in [-0.4, -0.2) is 6.09 Å². The predicted octanol–water partition coefficient (Wildman–Crippen LogP) is 5.84. The molecule has 0 saturated heterocycles. The molecule has 0 spiro atoms. The van der Waals surface area contributed by atoms with Crippen molar-refractivity contribution in [3.8, 4) is 11.1 Å². The van der Waals surface area contributed by atoms with Gasteiger partial charge >= 0.3 is 6.09 Å². The first-order valence-electron chi connectivity index (χ1n) is 9.07. The molecule has 0 saturated carbocycles. The summed E-state index contributed by atoms with van der Waals surface area (Å²) in [6.45, 7) is 0.214. The van der Waals surface area contributed by atoms with Crippen LogP contribution in [0.1, 0.15) is 5.56 Å². The Labute approximate surface area is 163 Å². The van der Waals surface area contributed by atoms with Crippen LogP contribution in [0.5, 0.6) is 0 Å². The van der Waals surface area contributed by atoms with Gasteiger partial charge < -0.3 is 10.5 Å². The Balaban J connectivity index is 1.63. The van der Waals surface area contributed by atoms with Gasteiger partial charge in [-0.1, -0.05) is 78.9 Å². The molecule has 1 amide bonds. The highest BCUT2D eigenvalue weighted by Crippen LogP contribution is 2.38. The van der Waals surface area contributed by atoms with Crippen molar-refractivity contribution in [1.29, 1.82) is 0 Å². The molecule has 0 atom stereocenters. The Morgan fingerprint density at radius 2 is 1.54 bits per heavy atom. The summed E-state index contributed by atoms with van der Waals surface area (Å²) in [4.78, 5) is 12.4. The second-order valence-electron chi connectivity index (χ2n) is 6.48. The molecule has 0 aliphatic rings. The summed E-state index contributed by atoms with van der Waals surface area (Å²) in [6.07, 6.45) is -0.505. The van der Waals surface area contributed by atoms with Gasteiger partial charge in [0.05, 0.1) is 5.69 Å². The van der Waals surface area contributed by atoms with Crippen molar-refractivity contribution in [3.05, 3.63) is 96.6 Å². The van der Waals surface area contributed by atoms with E-state index in [9.17, 15) is 4.79 Å². The Morgan fingerprint density at radius 1 is 0.821 bits per heavy atom. The first-order valence-corrected chi connectivity index (χ1v) is 9.07. The number of rotatable bonds is 4. The number of nitrogen functional groups attached to an aromatic ring is 1. The van der Waals surface area contributed by atoms with Gasteiger partial charge in [0.2, 0.25) is 0 Å². The molecule has 0 fully saturated rings. The Kier molecular flexibility index (Phi) is 4.93. The maximum atomic E-state index is 12.4. The van der Waals surface area contributed by atoms with E-state index in [1.54, 1.807) is 0 Å². The van der Waals surface area contributed by atoms with Crippen LogP contribution in [0.4, 0.5) is 16.2 Å². The van der Waals surface area contributed by atoms with E-state index in [1.165, 1.54) is 0 Å². The monoisotopic (exact) mass is 368 g/mol. The Bertz CT molecular complexity index is 1120. The van der Waals surface area contributed by atoms with E-state index >= 15 is 0 Å². The fourth-order valence-electron chi connectivity index (χ4n) is 3.27. The van der Waals surface area contributed by atoms with Gasteiger partial charge in [-0.2, -0.15) is 0 Å².